The lowest BCUT2D eigenvalue weighted by molar-refractivity contribution is 0.124. The van der Waals surface area contributed by atoms with Crippen LogP contribution in [0.4, 0.5) is 0 Å². The van der Waals surface area contributed by atoms with Gasteiger partial charge in [0.2, 0.25) is 0 Å². The van der Waals surface area contributed by atoms with E-state index in [1.54, 1.807) is 0 Å². The van der Waals surface area contributed by atoms with E-state index in [4.69, 9.17) is 11.6 Å². The van der Waals surface area contributed by atoms with Crippen LogP contribution in [0.25, 0.3) is 0 Å². The van der Waals surface area contributed by atoms with Crippen LogP contribution in [0.15, 0.2) is 24.3 Å². The van der Waals surface area contributed by atoms with Crippen LogP contribution in [0.3, 0.4) is 0 Å². The summed E-state index contributed by atoms with van der Waals surface area (Å²) in [5.41, 5.74) is 1.24. The maximum atomic E-state index is 6.23. The van der Waals surface area contributed by atoms with Crippen LogP contribution in [0.5, 0.6) is 0 Å². The van der Waals surface area contributed by atoms with E-state index in [1.807, 2.05) is 12.1 Å². The number of hydrogen-bond acceptors (Lipinski definition) is 2. The third kappa shape index (κ3) is 3.21. The summed E-state index contributed by atoms with van der Waals surface area (Å²) in [5, 5.41) is 4.42. The predicted octanol–water partition coefficient (Wildman–Crippen LogP) is 2.91. The summed E-state index contributed by atoms with van der Waals surface area (Å²) in [6.45, 7) is 7.64. The van der Waals surface area contributed by atoms with Crippen molar-refractivity contribution in [2.75, 3.05) is 13.1 Å². The molecule has 0 amide bonds. The summed E-state index contributed by atoms with van der Waals surface area (Å²) >= 11 is 6.23. The molecular formula is C14H21ClN2. The summed E-state index contributed by atoms with van der Waals surface area (Å²) in [6, 6.07) is 9.35. The van der Waals surface area contributed by atoms with Gasteiger partial charge in [-0.15, -0.1) is 0 Å². The number of benzene rings is 1. The summed E-state index contributed by atoms with van der Waals surface area (Å²) in [5.74, 6) is 0. The Morgan fingerprint density at radius 3 is 2.88 bits per heavy atom. The van der Waals surface area contributed by atoms with E-state index in [2.05, 4.69) is 36.2 Å². The second-order valence-corrected chi connectivity index (χ2v) is 5.30. The first kappa shape index (κ1) is 12.9. The Hall–Kier alpha value is -0.570. The lowest BCUT2D eigenvalue weighted by atomic mass is 10.1. The van der Waals surface area contributed by atoms with Gasteiger partial charge in [0, 0.05) is 36.7 Å². The van der Waals surface area contributed by atoms with Crippen LogP contribution in [0, 0.1) is 0 Å². The lowest BCUT2D eigenvalue weighted by Crippen LogP contribution is -2.54. The van der Waals surface area contributed by atoms with Crippen molar-refractivity contribution in [2.45, 2.75) is 38.9 Å². The monoisotopic (exact) mass is 252 g/mol. The molecule has 3 heteroatoms. The first-order chi connectivity index (χ1) is 8.20. The molecule has 2 unspecified atom stereocenters. The van der Waals surface area contributed by atoms with Crippen molar-refractivity contribution < 1.29 is 0 Å². The molecule has 2 rings (SSSR count). The second kappa shape index (κ2) is 5.85. The molecule has 94 valence electrons. The highest BCUT2D eigenvalue weighted by molar-refractivity contribution is 6.31. The summed E-state index contributed by atoms with van der Waals surface area (Å²) < 4.78 is 0. The highest BCUT2D eigenvalue weighted by atomic mass is 35.5. The molecule has 1 heterocycles. The first-order valence-electron chi connectivity index (χ1n) is 6.41. The van der Waals surface area contributed by atoms with Gasteiger partial charge in [-0.05, 0) is 25.0 Å². The molecule has 1 saturated heterocycles. The summed E-state index contributed by atoms with van der Waals surface area (Å²) in [6.07, 6.45) is 1.18. The van der Waals surface area contributed by atoms with Gasteiger partial charge in [0.1, 0.15) is 0 Å². The number of nitrogens with one attached hydrogen (secondary N) is 1. The van der Waals surface area contributed by atoms with E-state index in [-0.39, 0.29) is 0 Å². The molecule has 0 saturated carbocycles. The van der Waals surface area contributed by atoms with E-state index in [0.29, 0.717) is 12.1 Å². The van der Waals surface area contributed by atoms with Crippen LogP contribution in [0.2, 0.25) is 5.02 Å². The zero-order chi connectivity index (χ0) is 12.3. The molecule has 1 N–H and O–H groups in total. The van der Waals surface area contributed by atoms with Crippen LogP contribution >= 0.6 is 11.6 Å². The van der Waals surface area contributed by atoms with E-state index in [9.17, 15) is 0 Å². The number of hydrogen-bond donors (Lipinski definition) is 1. The van der Waals surface area contributed by atoms with Crippen LogP contribution in [0.1, 0.15) is 25.8 Å². The molecule has 1 fully saturated rings. The van der Waals surface area contributed by atoms with E-state index in [1.165, 1.54) is 12.0 Å². The van der Waals surface area contributed by atoms with E-state index in [0.717, 1.165) is 24.7 Å². The Bertz CT molecular complexity index is 367. The Morgan fingerprint density at radius 1 is 1.41 bits per heavy atom. The standard InChI is InChI=1S/C14H21ClN2/c1-3-13-8-16-11(2)9-17(13)10-12-6-4-5-7-14(12)15/h4-7,11,13,16H,3,8-10H2,1-2H3. The molecule has 0 aromatic heterocycles. The molecule has 1 aliphatic rings. The van der Waals surface area contributed by atoms with Crippen molar-refractivity contribution in [1.29, 1.82) is 0 Å². The highest BCUT2D eigenvalue weighted by Crippen LogP contribution is 2.20. The molecule has 1 aliphatic heterocycles. The first-order valence-corrected chi connectivity index (χ1v) is 6.79. The van der Waals surface area contributed by atoms with E-state index < -0.39 is 0 Å². The Morgan fingerprint density at radius 2 is 2.18 bits per heavy atom. The van der Waals surface area contributed by atoms with Crippen LogP contribution in [-0.4, -0.2) is 30.1 Å². The fourth-order valence-corrected chi connectivity index (χ4v) is 2.67. The number of halogens is 1. The minimum atomic E-state index is 0.570. The van der Waals surface area contributed by atoms with Gasteiger partial charge in [-0.3, -0.25) is 4.90 Å². The predicted molar refractivity (Wildman–Crippen MR) is 73.4 cm³/mol. The summed E-state index contributed by atoms with van der Waals surface area (Å²) in [7, 11) is 0. The van der Waals surface area contributed by atoms with Crippen molar-refractivity contribution in [2.24, 2.45) is 0 Å². The van der Waals surface area contributed by atoms with Gasteiger partial charge in [-0.25, -0.2) is 0 Å². The molecule has 2 atom stereocenters. The maximum absolute atomic E-state index is 6.23. The zero-order valence-electron chi connectivity index (χ0n) is 10.6. The largest absolute Gasteiger partial charge is 0.311 e. The molecule has 1 aromatic carbocycles. The number of piperazine rings is 1. The van der Waals surface area contributed by atoms with Crippen LogP contribution in [-0.2, 0) is 6.54 Å². The minimum Gasteiger partial charge on any atom is -0.311 e. The normalized spacial score (nSPS) is 26.1. The second-order valence-electron chi connectivity index (χ2n) is 4.89. The maximum Gasteiger partial charge on any atom is 0.0451 e. The van der Waals surface area contributed by atoms with Gasteiger partial charge < -0.3 is 5.32 Å². The molecule has 17 heavy (non-hydrogen) atoms. The smallest absolute Gasteiger partial charge is 0.0451 e. The molecule has 0 aliphatic carbocycles. The van der Waals surface area contributed by atoms with Crippen molar-refractivity contribution in [1.82, 2.24) is 10.2 Å². The van der Waals surface area contributed by atoms with Crippen LogP contribution < -0.4 is 5.32 Å². The Labute approximate surface area is 109 Å². The quantitative estimate of drug-likeness (QED) is 0.890. The molecule has 1 aromatic rings. The molecule has 0 bridgehead atoms. The molecule has 2 nitrogen and oxygen atoms in total. The number of rotatable bonds is 3. The van der Waals surface area contributed by atoms with Crippen molar-refractivity contribution >= 4 is 11.6 Å². The number of nitrogens with zero attached hydrogens (tertiary/aromatic N) is 1. The van der Waals surface area contributed by atoms with Gasteiger partial charge in [-0.1, -0.05) is 36.7 Å². The average molecular weight is 253 g/mol. The topological polar surface area (TPSA) is 15.3 Å². The van der Waals surface area contributed by atoms with Crippen molar-refractivity contribution in [3.63, 3.8) is 0 Å². The Balaban J connectivity index is 2.07. The third-order valence-electron chi connectivity index (χ3n) is 3.53. The molecular weight excluding hydrogens is 232 g/mol. The molecule has 0 spiro atoms. The average Bonchev–Trinajstić information content (AvgIpc) is 2.32. The third-order valence-corrected chi connectivity index (χ3v) is 3.90. The lowest BCUT2D eigenvalue weighted by Gasteiger charge is -2.39. The Kier molecular flexibility index (Phi) is 4.43. The van der Waals surface area contributed by atoms with Gasteiger partial charge >= 0.3 is 0 Å². The van der Waals surface area contributed by atoms with Gasteiger partial charge in [0.05, 0.1) is 0 Å². The minimum absolute atomic E-state index is 0.570. The van der Waals surface area contributed by atoms with E-state index >= 15 is 0 Å². The fraction of sp³-hybridized carbons (Fsp3) is 0.571. The highest BCUT2D eigenvalue weighted by Gasteiger charge is 2.24. The van der Waals surface area contributed by atoms with Gasteiger partial charge in [-0.2, -0.15) is 0 Å². The fourth-order valence-electron chi connectivity index (χ4n) is 2.47. The van der Waals surface area contributed by atoms with Crippen molar-refractivity contribution in [3.8, 4) is 0 Å². The van der Waals surface area contributed by atoms with Crippen molar-refractivity contribution in [3.05, 3.63) is 34.9 Å². The van der Waals surface area contributed by atoms with Gasteiger partial charge in [0.15, 0.2) is 0 Å². The zero-order valence-corrected chi connectivity index (χ0v) is 11.4. The summed E-state index contributed by atoms with van der Waals surface area (Å²) in [4.78, 5) is 2.54. The molecule has 0 radical (unpaired) electrons. The SMILES string of the molecule is CCC1CNC(C)CN1Cc1ccccc1Cl. The van der Waals surface area contributed by atoms with Gasteiger partial charge in [0.25, 0.3) is 0 Å².